The molecule has 0 unspecified atom stereocenters. The molecule has 0 aliphatic rings. The Kier molecular flexibility index (Phi) is 6.61. The van der Waals surface area contributed by atoms with E-state index in [2.05, 4.69) is 12.6 Å². The van der Waals surface area contributed by atoms with Crippen LogP contribution in [0.4, 0.5) is 5.69 Å². The van der Waals surface area contributed by atoms with Gasteiger partial charge in [-0.1, -0.05) is 0 Å². The van der Waals surface area contributed by atoms with Gasteiger partial charge in [0.2, 0.25) is 0 Å². The van der Waals surface area contributed by atoms with Crippen LogP contribution in [0.15, 0.2) is 12.1 Å². The molecule has 0 N–H and O–H groups in total. The van der Waals surface area contributed by atoms with Crippen molar-refractivity contribution in [1.29, 1.82) is 0 Å². The number of thiol groups is 1. The van der Waals surface area contributed by atoms with E-state index in [1.54, 1.807) is 0 Å². The Hall–Kier alpha value is -2.52. The summed E-state index contributed by atoms with van der Waals surface area (Å²) in [5.74, 6) is 0.783. The van der Waals surface area contributed by atoms with Gasteiger partial charge in [-0.3, -0.25) is 0 Å². The van der Waals surface area contributed by atoms with Crippen molar-refractivity contribution >= 4 is 28.4 Å². The third kappa shape index (κ3) is 5.31. The summed E-state index contributed by atoms with van der Waals surface area (Å²) < 4.78 is 39.0. The molecule has 125 valence electrons. The zero-order valence-corrected chi connectivity index (χ0v) is 20.7. The van der Waals surface area contributed by atoms with Crippen LogP contribution in [0.5, 0.6) is 11.5 Å². The molecule has 1 rings (SSSR count). The molecule has 0 atom stereocenters. The zero-order valence-electron chi connectivity index (χ0n) is 12.6. The molecule has 0 heterocycles. The van der Waals surface area contributed by atoms with Crippen molar-refractivity contribution in [3.05, 3.63) is 27.8 Å². The van der Waals surface area contributed by atoms with Crippen LogP contribution in [0.1, 0.15) is 12.0 Å². The van der Waals surface area contributed by atoms with Crippen LogP contribution in [0.25, 0.3) is 0 Å². The van der Waals surface area contributed by atoms with Crippen LogP contribution in [0.2, 0.25) is 0 Å². The van der Waals surface area contributed by atoms with E-state index in [0.717, 1.165) is 0 Å². The van der Waals surface area contributed by atoms with Crippen molar-refractivity contribution in [2.75, 3.05) is 25.7 Å². The molecular weight excluding hydrogens is 601 g/mol. The van der Waals surface area contributed by atoms with Gasteiger partial charge in [0.1, 0.15) is 0 Å². The van der Waals surface area contributed by atoms with E-state index < -0.39 is 21.6 Å². The second kappa shape index (κ2) is 8.20. The Bertz CT molecular complexity index is 651. The third-order valence-electron chi connectivity index (χ3n) is 2.77. The normalized spacial score (nSPS) is 11.3. The van der Waals surface area contributed by atoms with E-state index in [1.165, 1.54) is 19.2 Å². The number of methoxy groups -OCH3 is 1. The van der Waals surface area contributed by atoms with Crippen LogP contribution >= 0.6 is 12.6 Å². The van der Waals surface area contributed by atoms with Gasteiger partial charge < -0.3 is 0 Å². The number of hydrogen-bond acceptors (Lipinski definition) is 8. The van der Waals surface area contributed by atoms with Gasteiger partial charge in [-0.05, 0) is 0 Å². The molecule has 0 saturated heterocycles. The second-order valence-electron chi connectivity index (χ2n) is 4.34. The second-order valence-corrected chi connectivity index (χ2v) is 8.39. The fraction of sp³-hybridized carbons (Fsp3) is 0.500. The topological polar surface area (TPSA) is 105 Å². The summed E-state index contributed by atoms with van der Waals surface area (Å²) in [6, 6.07) is 2.60. The number of nitro groups is 1. The first-order valence-corrected chi connectivity index (χ1v) is 13.3. The van der Waals surface area contributed by atoms with Crippen LogP contribution in [0.3, 0.4) is 0 Å². The molecule has 0 aliphatic heterocycles. The average Bonchev–Trinajstić information content (AvgIpc) is 2.51. The number of nitrogens with zero attached hydrogens (tertiary/aromatic N) is 1. The first-order valence-electron chi connectivity index (χ1n) is 6.60. The van der Waals surface area contributed by atoms with Crippen molar-refractivity contribution < 1.29 is 27.0 Å². The summed E-state index contributed by atoms with van der Waals surface area (Å²) in [5.41, 5.74) is -0.165. The van der Waals surface area contributed by atoms with E-state index in [0.29, 0.717) is 25.0 Å². The maximum atomic E-state index is 11.7. The van der Waals surface area contributed by atoms with Crippen molar-refractivity contribution in [2.24, 2.45) is 0 Å². The molecule has 8 nitrogen and oxygen atoms in total. The summed E-state index contributed by atoms with van der Waals surface area (Å²) in [4.78, 5) is 10.6. The van der Waals surface area contributed by atoms with Crippen LogP contribution < -0.4 is 9.47 Å². The van der Waals surface area contributed by atoms with E-state index in [-0.39, 0.29) is 22.8 Å². The Balaban J connectivity index is 3.07. The van der Waals surface area contributed by atoms with Crippen molar-refractivity contribution in [1.82, 2.24) is 0 Å². The molecule has 0 spiro atoms. The zero-order chi connectivity index (χ0) is 17.5. The van der Waals surface area contributed by atoms with E-state index >= 15 is 0 Å². The number of hydrogen-bond donors (Lipinski definition) is 1. The molecule has 0 radical (unpaired) electrons. The average molecular weight is 617 g/mol. The van der Waals surface area contributed by atoms with Crippen LogP contribution in [-0.2, 0) is 20.9 Å². The standard InChI is InChI=1S/C12H16NO7S2.Rf/c1-18-11-6-9(8-20-22(16,17)5-3-4-21)10(13(14)15)7-12(11)19-2;/h6-7,21H,2-5,8H2,1H3;. The molecule has 11 heteroatoms. The van der Waals surface area contributed by atoms with Gasteiger partial charge >= 0.3 is 121 Å². The van der Waals surface area contributed by atoms with E-state index in [9.17, 15) is 18.5 Å². The molecule has 0 aromatic heterocycles. The van der Waals surface area contributed by atoms with E-state index in [1.807, 2.05) is 0 Å². The predicted molar refractivity (Wildman–Crippen MR) is 82.2 cm³/mol. The molecule has 0 saturated carbocycles. The molecule has 0 fully saturated rings. The Labute approximate surface area is 134 Å². The molecule has 0 bridgehead atoms. The monoisotopic (exact) mass is 617 g/mol. The van der Waals surface area contributed by atoms with Gasteiger partial charge in [-0.25, -0.2) is 0 Å². The van der Waals surface area contributed by atoms with Gasteiger partial charge in [0, 0.05) is 0 Å². The molecule has 0 amide bonds. The predicted octanol–water partition coefficient (Wildman–Crippen LogP) is 1.66. The first-order chi connectivity index (χ1) is 10.8. The molecule has 1 aromatic rings. The minimum atomic E-state index is -3.76. The van der Waals surface area contributed by atoms with Gasteiger partial charge in [-0.2, -0.15) is 12.6 Å². The van der Waals surface area contributed by atoms with Gasteiger partial charge in [0.05, 0.1) is 0 Å². The van der Waals surface area contributed by atoms with Gasteiger partial charge in [0.15, 0.2) is 0 Å². The minimum absolute atomic E-state index is 0.105. The first kappa shape index (κ1) is 18.5. The fourth-order valence-corrected chi connectivity index (χ4v) is 4.00. The maximum absolute atomic E-state index is 11.7. The molecule has 0 aliphatic carbocycles. The van der Waals surface area contributed by atoms with Crippen LogP contribution in [-0.4, -0.2) is 39.1 Å². The van der Waals surface area contributed by atoms with Crippen molar-refractivity contribution in [3.8, 4) is 11.5 Å². The Morgan fingerprint density at radius 2 is 2.04 bits per heavy atom. The molecular formula is C12H16NO7RfS2. The molecule has 1 aromatic carbocycles. The fourth-order valence-electron chi connectivity index (χ4n) is 1.71. The number of rotatable bonds is 10. The number of ether oxygens (including phenoxy) is 2. The third-order valence-corrected chi connectivity index (χ3v) is 5.27. The summed E-state index contributed by atoms with van der Waals surface area (Å²) >= 11 is 3.94. The van der Waals surface area contributed by atoms with Gasteiger partial charge in [-0.15, -0.1) is 0 Å². The van der Waals surface area contributed by atoms with Crippen molar-refractivity contribution in [3.63, 3.8) is 0 Å². The van der Waals surface area contributed by atoms with Crippen molar-refractivity contribution in [2.45, 2.75) is 13.0 Å². The summed E-state index contributed by atoms with van der Waals surface area (Å²) in [6.07, 6.45) is 0.339. The molecule has 23 heavy (non-hydrogen) atoms. The number of nitro benzene ring substituents is 1. The summed E-state index contributed by atoms with van der Waals surface area (Å²) in [7, 11) is -1.84. The number of benzene rings is 1. The Morgan fingerprint density at radius 3 is 2.57 bits per heavy atom. The summed E-state index contributed by atoms with van der Waals surface area (Å²) in [5, 5.41) is 11.2. The van der Waals surface area contributed by atoms with Gasteiger partial charge in [0.25, 0.3) is 0 Å². The SMILES string of the molecule is COc1cc(COS(=O)(=O)CCCS)c([N+](=O)[O-])cc1O[CH2][Rf]. The Morgan fingerprint density at radius 1 is 1.35 bits per heavy atom. The quantitative estimate of drug-likeness (QED) is 0.184. The van der Waals surface area contributed by atoms with Crippen LogP contribution in [0, 0.1) is 10.1 Å². The van der Waals surface area contributed by atoms with E-state index in [4.69, 9.17) is 13.7 Å². The summed E-state index contributed by atoms with van der Waals surface area (Å²) in [6.45, 7) is -0.437.